The lowest BCUT2D eigenvalue weighted by atomic mass is 10.0. The second-order valence-electron chi connectivity index (χ2n) is 6.35. The number of likely N-dealkylation sites (tertiary alicyclic amines) is 1. The molecule has 2 aromatic rings. The summed E-state index contributed by atoms with van der Waals surface area (Å²) in [6.45, 7) is 3.78. The van der Waals surface area contributed by atoms with Crippen LogP contribution < -0.4 is 10.1 Å². The normalized spacial score (nSPS) is 15.8. The number of nitrogens with one attached hydrogen (secondary N) is 1. The van der Waals surface area contributed by atoms with Crippen LogP contribution in [0.1, 0.15) is 30.0 Å². The lowest BCUT2D eigenvalue weighted by molar-refractivity contribution is -0.121. The minimum atomic E-state index is -0.301. The molecule has 1 amide bonds. The Labute approximate surface area is 153 Å². The largest absolute Gasteiger partial charge is 0.495 e. The number of nitrogens with zero attached hydrogens (tertiary/aromatic N) is 1. The topological polar surface area (TPSA) is 41.6 Å². The van der Waals surface area contributed by atoms with Crippen molar-refractivity contribution in [3.05, 3.63) is 58.6 Å². The Bertz CT molecular complexity index is 743. The van der Waals surface area contributed by atoms with Crippen molar-refractivity contribution in [2.24, 2.45) is 0 Å². The molecule has 0 saturated carbocycles. The lowest BCUT2D eigenvalue weighted by Gasteiger charge is -2.27. The van der Waals surface area contributed by atoms with Crippen LogP contribution in [-0.4, -0.2) is 31.0 Å². The first-order chi connectivity index (χ1) is 12.1. The second kappa shape index (κ2) is 7.89. The third-order valence-corrected chi connectivity index (χ3v) is 5.02. The lowest BCUT2D eigenvalue weighted by Crippen LogP contribution is -2.35. The van der Waals surface area contributed by atoms with Crippen molar-refractivity contribution in [2.45, 2.75) is 25.8 Å². The molecule has 1 atom stereocenters. The average Bonchev–Trinajstić information content (AvgIpc) is 3.13. The molecule has 1 N–H and O–H groups in total. The van der Waals surface area contributed by atoms with E-state index in [0.717, 1.165) is 37.1 Å². The van der Waals surface area contributed by atoms with Crippen LogP contribution in [0.2, 0.25) is 5.02 Å². The van der Waals surface area contributed by atoms with E-state index in [1.54, 1.807) is 13.2 Å². The van der Waals surface area contributed by atoms with Crippen molar-refractivity contribution in [1.29, 1.82) is 0 Å². The molecular formula is C20H23ClN2O2. The SMILES string of the molecule is COc1cc(Cl)c(C)cc1NC(=O)C(c1ccccc1)N1CCCC1. The van der Waals surface area contributed by atoms with E-state index in [0.29, 0.717) is 16.5 Å². The van der Waals surface area contributed by atoms with E-state index in [9.17, 15) is 4.79 Å². The molecule has 4 nitrogen and oxygen atoms in total. The fraction of sp³-hybridized carbons (Fsp3) is 0.350. The number of carbonyl (C=O) groups excluding carboxylic acids is 1. The molecule has 1 heterocycles. The van der Waals surface area contributed by atoms with Crippen molar-refractivity contribution in [3.8, 4) is 5.75 Å². The first-order valence-corrected chi connectivity index (χ1v) is 8.92. The molecule has 5 heteroatoms. The minimum absolute atomic E-state index is 0.0480. The predicted octanol–water partition coefficient (Wildman–Crippen LogP) is 4.43. The van der Waals surface area contributed by atoms with Gasteiger partial charge in [0.05, 0.1) is 12.8 Å². The Hall–Kier alpha value is -2.04. The molecule has 1 saturated heterocycles. The van der Waals surface area contributed by atoms with Crippen LogP contribution in [0, 0.1) is 6.92 Å². The number of rotatable bonds is 5. The number of ether oxygens (including phenoxy) is 1. The number of hydrogen-bond acceptors (Lipinski definition) is 3. The van der Waals surface area contributed by atoms with Crippen molar-refractivity contribution in [2.75, 3.05) is 25.5 Å². The molecule has 1 aliphatic rings. The second-order valence-corrected chi connectivity index (χ2v) is 6.75. The Balaban J connectivity index is 1.90. The van der Waals surface area contributed by atoms with Gasteiger partial charge in [-0.15, -0.1) is 0 Å². The molecule has 1 unspecified atom stereocenters. The van der Waals surface area contributed by atoms with Crippen molar-refractivity contribution in [3.63, 3.8) is 0 Å². The highest BCUT2D eigenvalue weighted by atomic mass is 35.5. The van der Waals surface area contributed by atoms with Gasteiger partial charge in [-0.3, -0.25) is 9.69 Å². The molecule has 132 valence electrons. The maximum atomic E-state index is 13.1. The summed E-state index contributed by atoms with van der Waals surface area (Å²) in [5.74, 6) is 0.519. The molecule has 1 aliphatic heterocycles. The van der Waals surface area contributed by atoms with Crippen LogP contribution in [0.3, 0.4) is 0 Å². The van der Waals surface area contributed by atoms with Gasteiger partial charge in [-0.25, -0.2) is 0 Å². The van der Waals surface area contributed by atoms with Gasteiger partial charge in [0.2, 0.25) is 5.91 Å². The summed E-state index contributed by atoms with van der Waals surface area (Å²) in [4.78, 5) is 15.4. The number of halogens is 1. The molecule has 3 rings (SSSR count). The van der Waals surface area contributed by atoms with Gasteiger partial charge in [-0.05, 0) is 50.0 Å². The Morgan fingerprint density at radius 1 is 1.20 bits per heavy atom. The highest BCUT2D eigenvalue weighted by Crippen LogP contribution is 2.33. The van der Waals surface area contributed by atoms with Crippen LogP contribution in [0.15, 0.2) is 42.5 Å². The van der Waals surface area contributed by atoms with Crippen LogP contribution in [0.5, 0.6) is 5.75 Å². The van der Waals surface area contributed by atoms with Gasteiger partial charge >= 0.3 is 0 Å². The third-order valence-electron chi connectivity index (χ3n) is 4.61. The van der Waals surface area contributed by atoms with E-state index in [2.05, 4.69) is 10.2 Å². The van der Waals surface area contributed by atoms with Crippen LogP contribution in [0.25, 0.3) is 0 Å². The summed E-state index contributed by atoms with van der Waals surface area (Å²) in [6.07, 6.45) is 2.25. The molecule has 0 radical (unpaired) electrons. The van der Waals surface area contributed by atoms with Crippen LogP contribution >= 0.6 is 11.6 Å². The fourth-order valence-electron chi connectivity index (χ4n) is 3.29. The van der Waals surface area contributed by atoms with Gasteiger partial charge in [0.15, 0.2) is 0 Å². The molecule has 0 aromatic heterocycles. The highest BCUT2D eigenvalue weighted by molar-refractivity contribution is 6.31. The van der Waals surface area contributed by atoms with Gasteiger partial charge in [-0.2, -0.15) is 0 Å². The van der Waals surface area contributed by atoms with Gasteiger partial charge in [0.25, 0.3) is 0 Å². The smallest absolute Gasteiger partial charge is 0.246 e. The van der Waals surface area contributed by atoms with Crippen LogP contribution in [0.4, 0.5) is 5.69 Å². The molecule has 0 spiro atoms. The standard InChI is InChI=1S/C20H23ClN2O2/c1-14-12-17(18(25-2)13-16(14)21)22-20(24)19(23-10-6-7-11-23)15-8-4-3-5-9-15/h3-5,8-9,12-13,19H,6-7,10-11H2,1-2H3,(H,22,24). The molecule has 0 bridgehead atoms. The van der Waals surface area contributed by atoms with Gasteiger partial charge in [-0.1, -0.05) is 41.9 Å². The number of methoxy groups -OCH3 is 1. The summed E-state index contributed by atoms with van der Waals surface area (Å²) in [6, 6.07) is 13.2. The summed E-state index contributed by atoms with van der Waals surface area (Å²) < 4.78 is 5.38. The van der Waals surface area contributed by atoms with Gasteiger partial charge < -0.3 is 10.1 Å². The zero-order chi connectivity index (χ0) is 17.8. The minimum Gasteiger partial charge on any atom is -0.495 e. The number of aryl methyl sites for hydroxylation is 1. The monoisotopic (exact) mass is 358 g/mol. The first kappa shape index (κ1) is 17.8. The van der Waals surface area contributed by atoms with E-state index in [1.807, 2.05) is 43.3 Å². The fourth-order valence-corrected chi connectivity index (χ4v) is 3.45. The van der Waals surface area contributed by atoms with E-state index in [-0.39, 0.29) is 11.9 Å². The summed E-state index contributed by atoms with van der Waals surface area (Å²) in [5.41, 5.74) is 2.55. The van der Waals surface area contributed by atoms with E-state index >= 15 is 0 Å². The zero-order valence-corrected chi connectivity index (χ0v) is 15.3. The number of carbonyl (C=O) groups is 1. The number of benzene rings is 2. The summed E-state index contributed by atoms with van der Waals surface area (Å²) in [5, 5.41) is 3.66. The van der Waals surface area contributed by atoms with Crippen LogP contribution in [-0.2, 0) is 4.79 Å². The molecule has 25 heavy (non-hydrogen) atoms. The van der Waals surface area contributed by atoms with Gasteiger partial charge in [0.1, 0.15) is 11.8 Å². The maximum Gasteiger partial charge on any atom is 0.246 e. The number of hydrogen-bond donors (Lipinski definition) is 1. The van der Waals surface area contributed by atoms with Crippen molar-refractivity contribution in [1.82, 2.24) is 4.90 Å². The van der Waals surface area contributed by atoms with E-state index in [4.69, 9.17) is 16.3 Å². The third kappa shape index (κ3) is 3.97. The first-order valence-electron chi connectivity index (χ1n) is 8.54. The molecule has 0 aliphatic carbocycles. The number of anilines is 1. The Kier molecular flexibility index (Phi) is 5.61. The zero-order valence-electron chi connectivity index (χ0n) is 14.6. The predicted molar refractivity (Wildman–Crippen MR) is 101 cm³/mol. The van der Waals surface area contributed by atoms with E-state index < -0.39 is 0 Å². The molecule has 1 fully saturated rings. The summed E-state index contributed by atoms with van der Waals surface area (Å²) in [7, 11) is 1.58. The maximum absolute atomic E-state index is 13.1. The molecular weight excluding hydrogens is 336 g/mol. The average molecular weight is 359 g/mol. The van der Waals surface area contributed by atoms with Crippen molar-refractivity contribution >= 4 is 23.2 Å². The Morgan fingerprint density at radius 2 is 1.88 bits per heavy atom. The number of amides is 1. The highest BCUT2D eigenvalue weighted by Gasteiger charge is 2.30. The van der Waals surface area contributed by atoms with Gasteiger partial charge in [0, 0.05) is 11.1 Å². The summed E-state index contributed by atoms with van der Waals surface area (Å²) >= 11 is 6.16. The van der Waals surface area contributed by atoms with E-state index in [1.165, 1.54) is 0 Å². The quantitative estimate of drug-likeness (QED) is 0.859. The molecule has 2 aromatic carbocycles. The Morgan fingerprint density at radius 3 is 2.52 bits per heavy atom. The van der Waals surface area contributed by atoms with Crippen molar-refractivity contribution < 1.29 is 9.53 Å².